The van der Waals surface area contributed by atoms with Crippen molar-refractivity contribution in [3.05, 3.63) is 23.8 Å². The number of alkyl halides is 1. The minimum atomic E-state index is -0.905. The maximum absolute atomic E-state index is 10.5. The van der Waals surface area contributed by atoms with Gasteiger partial charge in [0.1, 0.15) is 11.5 Å². The van der Waals surface area contributed by atoms with E-state index in [4.69, 9.17) is 26.2 Å². The molecule has 0 saturated heterocycles. The van der Waals surface area contributed by atoms with E-state index in [0.717, 1.165) is 5.56 Å². The molecule has 0 radical (unpaired) electrons. The first-order chi connectivity index (χ1) is 8.06. The van der Waals surface area contributed by atoms with Crippen molar-refractivity contribution < 1.29 is 19.4 Å². The highest BCUT2D eigenvalue weighted by Gasteiger charge is 2.14. The average Bonchev–Trinajstić information content (AvgIpc) is 2.28. The zero-order valence-electron chi connectivity index (χ0n) is 9.77. The lowest BCUT2D eigenvalue weighted by atomic mass is 10.1. The van der Waals surface area contributed by atoms with E-state index in [2.05, 4.69) is 0 Å². The first kappa shape index (κ1) is 13.6. The van der Waals surface area contributed by atoms with Crippen molar-refractivity contribution in [2.45, 2.75) is 18.2 Å². The first-order valence-corrected chi connectivity index (χ1v) is 5.57. The van der Waals surface area contributed by atoms with Crippen LogP contribution in [0.2, 0.25) is 0 Å². The number of aliphatic carboxylic acids is 1. The Morgan fingerprint density at radius 1 is 1.41 bits per heavy atom. The number of carbonyl (C=O) groups is 1. The highest BCUT2D eigenvalue weighted by molar-refractivity contribution is 6.21. The third kappa shape index (κ3) is 4.15. The molecule has 0 aromatic heterocycles. The Morgan fingerprint density at radius 3 is 2.65 bits per heavy atom. The van der Waals surface area contributed by atoms with Crippen LogP contribution in [-0.2, 0) is 11.2 Å². The molecular weight excluding hydrogens is 244 g/mol. The SMILES string of the molecule is COc1ccc(CC(Cl)CC(=O)O)c(OC)c1. The molecule has 4 nitrogen and oxygen atoms in total. The lowest BCUT2D eigenvalue weighted by Crippen LogP contribution is -2.10. The van der Waals surface area contributed by atoms with Gasteiger partial charge in [-0.3, -0.25) is 4.79 Å². The van der Waals surface area contributed by atoms with Gasteiger partial charge in [-0.05, 0) is 18.1 Å². The summed E-state index contributed by atoms with van der Waals surface area (Å²) in [5, 5.41) is 8.19. The predicted octanol–water partition coefficient (Wildman–Crippen LogP) is 2.33. The Hall–Kier alpha value is -1.42. The van der Waals surface area contributed by atoms with Gasteiger partial charge in [0, 0.05) is 11.4 Å². The fraction of sp³-hybridized carbons (Fsp3) is 0.417. The zero-order chi connectivity index (χ0) is 12.8. The average molecular weight is 259 g/mol. The van der Waals surface area contributed by atoms with Crippen LogP contribution in [0.1, 0.15) is 12.0 Å². The molecule has 17 heavy (non-hydrogen) atoms. The van der Waals surface area contributed by atoms with Gasteiger partial charge in [0.05, 0.1) is 20.6 Å². The van der Waals surface area contributed by atoms with E-state index in [9.17, 15) is 4.79 Å². The molecule has 0 bridgehead atoms. The topological polar surface area (TPSA) is 55.8 Å². The third-order valence-electron chi connectivity index (χ3n) is 2.33. The summed E-state index contributed by atoms with van der Waals surface area (Å²) in [4.78, 5) is 10.5. The maximum Gasteiger partial charge on any atom is 0.304 e. The minimum absolute atomic E-state index is 0.0727. The summed E-state index contributed by atoms with van der Waals surface area (Å²) in [6, 6.07) is 5.37. The van der Waals surface area contributed by atoms with E-state index in [0.29, 0.717) is 17.9 Å². The van der Waals surface area contributed by atoms with Crippen LogP contribution in [0, 0.1) is 0 Å². The van der Waals surface area contributed by atoms with Crippen LogP contribution in [-0.4, -0.2) is 30.7 Å². The molecule has 5 heteroatoms. The molecular formula is C12H15ClO4. The maximum atomic E-state index is 10.5. The number of halogens is 1. The number of hydrogen-bond acceptors (Lipinski definition) is 3. The Balaban J connectivity index is 2.79. The van der Waals surface area contributed by atoms with Gasteiger partial charge in [-0.25, -0.2) is 0 Å². The summed E-state index contributed by atoms with van der Waals surface area (Å²) in [6.07, 6.45) is 0.373. The summed E-state index contributed by atoms with van der Waals surface area (Å²) < 4.78 is 10.3. The van der Waals surface area contributed by atoms with Crippen LogP contribution in [0.4, 0.5) is 0 Å². The van der Waals surface area contributed by atoms with Gasteiger partial charge in [-0.1, -0.05) is 6.07 Å². The second-order valence-electron chi connectivity index (χ2n) is 3.58. The van der Waals surface area contributed by atoms with Crippen molar-refractivity contribution in [2.75, 3.05) is 14.2 Å². The summed E-state index contributed by atoms with van der Waals surface area (Å²) in [7, 11) is 3.13. The molecule has 0 aliphatic carbocycles. The van der Waals surface area contributed by atoms with E-state index in [1.807, 2.05) is 6.07 Å². The Morgan fingerprint density at radius 2 is 2.12 bits per heavy atom. The second-order valence-corrected chi connectivity index (χ2v) is 4.19. The lowest BCUT2D eigenvalue weighted by molar-refractivity contribution is -0.137. The Bertz CT molecular complexity index is 392. The van der Waals surface area contributed by atoms with E-state index < -0.39 is 11.3 Å². The normalized spacial score (nSPS) is 11.9. The third-order valence-corrected chi connectivity index (χ3v) is 2.64. The van der Waals surface area contributed by atoms with Crippen LogP contribution in [0.5, 0.6) is 11.5 Å². The number of carboxylic acid groups (broad SMARTS) is 1. The summed E-state index contributed by atoms with van der Waals surface area (Å²) in [5.74, 6) is 0.438. The van der Waals surface area contributed by atoms with Crippen LogP contribution < -0.4 is 9.47 Å². The highest BCUT2D eigenvalue weighted by Crippen LogP contribution is 2.27. The highest BCUT2D eigenvalue weighted by atomic mass is 35.5. The standard InChI is InChI=1S/C12H15ClO4/c1-16-10-4-3-8(11(7-10)17-2)5-9(13)6-12(14)15/h3-4,7,9H,5-6H2,1-2H3,(H,14,15). The molecule has 0 heterocycles. The number of hydrogen-bond donors (Lipinski definition) is 1. The zero-order valence-corrected chi connectivity index (χ0v) is 10.5. The van der Waals surface area contributed by atoms with Crippen molar-refractivity contribution in [1.82, 2.24) is 0 Å². The van der Waals surface area contributed by atoms with Crippen LogP contribution in [0.15, 0.2) is 18.2 Å². The Kier molecular flexibility index (Phi) is 5.10. The minimum Gasteiger partial charge on any atom is -0.497 e. The largest absolute Gasteiger partial charge is 0.497 e. The molecule has 1 unspecified atom stereocenters. The van der Waals surface area contributed by atoms with Crippen molar-refractivity contribution in [3.8, 4) is 11.5 Å². The number of carboxylic acids is 1. The van der Waals surface area contributed by atoms with Gasteiger partial charge in [0.25, 0.3) is 0 Å². The predicted molar refractivity (Wildman–Crippen MR) is 65.1 cm³/mol. The summed E-state index contributed by atoms with van der Waals surface area (Å²) in [5.41, 5.74) is 0.870. The lowest BCUT2D eigenvalue weighted by Gasteiger charge is -2.12. The van der Waals surface area contributed by atoms with Gasteiger partial charge in [0.2, 0.25) is 0 Å². The van der Waals surface area contributed by atoms with E-state index in [-0.39, 0.29) is 6.42 Å². The summed E-state index contributed by atoms with van der Waals surface area (Å²) >= 11 is 5.95. The van der Waals surface area contributed by atoms with Crippen LogP contribution >= 0.6 is 11.6 Å². The smallest absolute Gasteiger partial charge is 0.304 e. The van der Waals surface area contributed by atoms with Crippen molar-refractivity contribution in [1.29, 1.82) is 0 Å². The second kappa shape index (κ2) is 6.35. The van der Waals surface area contributed by atoms with Gasteiger partial charge in [-0.2, -0.15) is 0 Å². The van der Waals surface area contributed by atoms with Gasteiger partial charge >= 0.3 is 5.97 Å². The molecule has 0 saturated carbocycles. The van der Waals surface area contributed by atoms with E-state index >= 15 is 0 Å². The van der Waals surface area contributed by atoms with Gasteiger partial charge < -0.3 is 14.6 Å². The quantitative estimate of drug-likeness (QED) is 0.796. The molecule has 0 fully saturated rings. The monoisotopic (exact) mass is 258 g/mol. The van der Waals surface area contributed by atoms with Gasteiger partial charge in [0.15, 0.2) is 0 Å². The molecule has 94 valence electrons. The number of methoxy groups -OCH3 is 2. The molecule has 0 spiro atoms. The van der Waals surface area contributed by atoms with Crippen molar-refractivity contribution >= 4 is 17.6 Å². The molecule has 0 aliphatic rings. The molecule has 1 rings (SSSR count). The Labute approximate surface area is 105 Å². The molecule has 1 aromatic carbocycles. The molecule has 1 N–H and O–H groups in total. The van der Waals surface area contributed by atoms with Crippen LogP contribution in [0.25, 0.3) is 0 Å². The van der Waals surface area contributed by atoms with Crippen LogP contribution in [0.3, 0.4) is 0 Å². The van der Waals surface area contributed by atoms with Crippen molar-refractivity contribution in [2.24, 2.45) is 0 Å². The van der Waals surface area contributed by atoms with Crippen molar-refractivity contribution in [3.63, 3.8) is 0 Å². The molecule has 0 amide bonds. The summed E-state index contributed by atoms with van der Waals surface area (Å²) in [6.45, 7) is 0. The van der Waals surface area contributed by atoms with Gasteiger partial charge in [-0.15, -0.1) is 11.6 Å². The molecule has 1 atom stereocenters. The number of ether oxygens (including phenoxy) is 2. The fourth-order valence-electron chi connectivity index (χ4n) is 1.52. The molecule has 0 aliphatic heterocycles. The molecule has 1 aromatic rings. The van der Waals surface area contributed by atoms with E-state index in [1.165, 1.54) is 0 Å². The number of rotatable bonds is 6. The number of benzene rings is 1. The first-order valence-electron chi connectivity index (χ1n) is 5.13. The fourth-order valence-corrected chi connectivity index (χ4v) is 1.82. The van der Waals surface area contributed by atoms with E-state index in [1.54, 1.807) is 26.4 Å².